The molecule has 2 heterocycles. The lowest BCUT2D eigenvalue weighted by Crippen LogP contribution is -2.38. The highest BCUT2D eigenvalue weighted by Crippen LogP contribution is 2.27. The molecule has 1 unspecified atom stereocenters. The van der Waals surface area contributed by atoms with Gasteiger partial charge in [0.1, 0.15) is 17.4 Å². The van der Waals surface area contributed by atoms with Gasteiger partial charge in [0.05, 0.1) is 6.54 Å². The molecule has 0 N–H and O–H groups in total. The van der Waals surface area contributed by atoms with Crippen molar-refractivity contribution < 1.29 is 9.53 Å². The zero-order valence-corrected chi connectivity index (χ0v) is 13.4. The van der Waals surface area contributed by atoms with E-state index in [0.29, 0.717) is 6.54 Å². The van der Waals surface area contributed by atoms with Crippen molar-refractivity contribution >= 4 is 16.8 Å². The van der Waals surface area contributed by atoms with Crippen LogP contribution in [0.1, 0.15) is 27.2 Å². The smallest absolute Gasteiger partial charge is 0.228 e. The number of hydrogen-bond donors (Lipinski definition) is 0. The second-order valence-electron chi connectivity index (χ2n) is 6.86. The van der Waals surface area contributed by atoms with Gasteiger partial charge in [-0.15, -0.1) is 0 Å². The number of ether oxygens (including phenoxy) is 1. The Morgan fingerprint density at radius 2 is 2.05 bits per heavy atom. The molecule has 1 aromatic carbocycles. The van der Waals surface area contributed by atoms with Crippen molar-refractivity contribution in [2.45, 2.75) is 33.3 Å². The van der Waals surface area contributed by atoms with E-state index >= 15 is 0 Å². The minimum absolute atomic E-state index is 0.0407. The maximum atomic E-state index is 12.3. The molecule has 1 aromatic heterocycles. The van der Waals surface area contributed by atoms with Gasteiger partial charge in [0.25, 0.3) is 0 Å². The molecule has 1 amide bonds. The molecule has 3 rings (SSSR count). The number of likely N-dealkylation sites (tertiary alicyclic amines) is 1. The molecule has 0 bridgehead atoms. The lowest BCUT2D eigenvalue weighted by Gasteiger charge is -2.25. The number of carbonyl (C=O) groups excluding carboxylic acids is 1. The Hall–Kier alpha value is -2.10. The van der Waals surface area contributed by atoms with Gasteiger partial charge in [-0.1, -0.05) is 39.0 Å². The van der Waals surface area contributed by atoms with Crippen LogP contribution in [0.25, 0.3) is 10.9 Å². The molecule has 22 heavy (non-hydrogen) atoms. The summed E-state index contributed by atoms with van der Waals surface area (Å²) in [4.78, 5) is 18.7. The molecule has 0 radical (unpaired) electrons. The standard InChI is InChI=1S/C18H22N2O2/c1-18(2,3)17(21)20-11-9-14(12-20)22-15-8-4-6-13-7-5-10-19-16(13)15/h4-8,10,14H,9,11-12H2,1-3H3. The van der Waals surface area contributed by atoms with Gasteiger partial charge in [0.15, 0.2) is 0 Å². The van der Waals surface area contributed by atoms with Crippen molar-refractivity contribution in [3.63, 3.8) is 0 Å². The number of para-hydroxylation sites is 1. The van der Waals surface area contributed by atoms with Crippen LogP contribution in [0, 0.1) is 5.41 Å². The first-order chi connectivity index (χ1) is 10.4. The van der Waals surface area contributed by atoms with E-state index in [9.17, 15) is 4.79 Å². The Labute approximate surface area is 131 Å². The summed E-state index contributed by atoms with van der Waals surface area (Å²) in [5.74, 6) is 0.989. The molecular weight excluding hydrogens is 276 g/mol. The molecule has 4 heteroatoms. The average molecular weight is 298 g/mol. The highest BCUT2D eigenvalue weighted by atomic mass is 16.5. The van der Waals surface area contributed by atoms with Crippen LogP contribution in [0.2, 0.25) is 0 Å². The van der Waals surface area contributed by atoms with Crippen LogP contribution >= 0.6 is 0 Å². The van der Waals surface area contributed by atoms with E-state index < -0.39 is 0 Å². The maximum absolute atomic E-state index is 12.3. The number of rotatable bonds is 2. The normalized spacial score (nSPS) is 18.7. The predicted octanol–water partition coefficient (Wildman–Crippen LogP) is 3.26. The van der Waals surface area contributed by atoms with Crippen molar-refractivity contribution in [1.82, 2.24) is 9.88 Å². The zero-order chi connectivity index (χ0) is 15.7. The highest BCUT2D eigenvalue weighted by Gasteiger charge is 2.33. The summed E-state index contributed by atoms with van der Waals surface area (Å²) in [5.41, 5.74) is 0.543. The van der Waals surface area contributed by atoms with Gasteiger partial charge < -0.3 is 9.64 Å². The molecule has 4 nitrogen and oxygen atoms in total. The topological polar surface area (TPSA) is 42.4 Å². The van der Waals surface area contributed by atoms with Gasteiger partial charge in [-0.2, -0.15) is 0 Å². The third kappa shape index (κ3) is 2.91. The van der Waals surface area contributed by atoms with E-state index in [2.05, 4.69) is 4.98 Å². The Balaban J connectivity index is 1.73. The van der Waals surface area contributed by atoms with Crippen molar-refractivity contribution in [1.29, 1.82) is 0 Å². The number of amides is 1. The number of carbonyl (C=O) groups is 1. The predicted molar refractivity (Wildman–Crippen MR) is 86.8 cm³/mol. The fourth-order valence-electron chi connectivity index (χ4n) is 2.83. The SMILES string of the molecule is CC(C)(C)C(=O)N1CCC(Oc2cccc3cccnc23)C1. The second kappa shape index (κ2) is 5.59. The fraction of sp³-hybridized carbons (Fsp3) is 0.444. The van der Waals surface area contributed by atoms with Crippen molar-refractivity contribution in [3.05, 3.63) is 36.5 Å². The van der Waals surface area contributed by atoms with Crippen LogP contribution < -0.4 is 4.74 Å². The molecule has 1 atom stereocenters. The lowest BCUT2D eigenvalue weighted by atomic mass is 9.95. The van der Waals surface area contributed by atoms with Gasteiger partial charge in [-0.3, -0.25) is 9.78 Å². The Morgan fingerprint density at radius 1 is 1.27 bits per heavy atom. The molecule has 0 saturated carbocycles. The van der Waals surface area contributed by atoms with Crippen LogP contribution in [0.4, 0.5) is 0 Å². The van der Waals surface area contributed by atoms with Crippen LogP contribution in [0.5, 0.6) is 5.75 Å². The largest absolute Gasteiger partial charge is 0.486 e. The summed E-state index contributed by atoms with van der Waals surface area (Å²) < 4.78 is 6.13. The molecule has 2 aromatic rings. The fourth-order valence-corrected chi connectivity index (χ4v) is 2.83. The summed E-state index contributed by atoms with van der Waals surface area (Å²) in [6.07, 6.45) is 2.68. The van der Waals surface area contributed by atoms with E-state index in [1.807, 2.05) is 56.0 Å². The molecule has 0 spiro atoms. The number of pyridine rings is 1. The number of aromatic nitrogens is 1. The molecular formula is C18H22N2O2. The Morgan fingerprint density at radius 3 is 2.82 bits per heavy atom. The Kier molecular flexibility index (Phi) is 3.77. The minimum Gasteiger partial charge on any atom is -0.486 e. The maximum Gasteiger partial charge on any atom is 0.228 e. The summed E-state index contributed by atoms with van der Waals surface area (Å²) in [7, 11) is 0. The first-order valence-electron chi connectivity index (χ1n) is 7.75. The van der Waals surface area contributed by atoms with Gasteiger partial charge in [0, 0.05) is 30.0 Å². The van der Waals surface area contributed by atoms with Crippen molar-refractivity contribution in [2.75, 3.05) is 13.1 Å². The number of nitrogens with zero attached hydrogens (tertiary/aromatic N) is 2. The first kappa shape index (κ1) is 14.8. The number of benzene rings is 1. The summed E-state index contributed by atoms with van der Waals surface area (Å²) in [6.45, 7) is 7.28. The number of fused-ring (bicyclic) bond motifs is 1. The third-order valence-electron chi connectivity index (χ3n) is 3.96. The van der Waals surface area contributed by atoms with Gasteiger partial charge >= 0.3 is 0 Å². The molecule has 1 aliphatic rings. The number of hydrogen-bond acceptors (Lipinski definition) is 3. The van der Waals surface area contributed by atoms with Gasteiger partial charge in [0.2, 0.25) is 5.91 Å². The van der Waals surface area contributed by atoms with E-state index in [4.69, 9.17) is 4.74 Å². The summed E-state index contributed by atoms with van der Waals surface area (Å²) in [5, 5.41) is 1.07. The molecule has 116 valence electrons. The van der Waals surface area contributed by atoms with E-state index in [1.54, 1.807) is 6.20 Å². The van der Waals surface area contributed by atoms with Gasteiger partial charge in [-0.25, -0.2) is 0 Å². The van der Waals surface area contributed by atoms with E-state index in [1.165, 1.54) is 0 Å². The lowest BCUT2D eigenvalue weighted by molar-refractivity contribution is -0.138. The molecule has 1 saturated heterocycles. The van der Waals surface area contributed by atoms with Crippen LogP contribution in [-0.4, -0.2) is 35.0 Å². The van der Waals surface area contributed by atoms with Gasteiger partial charge in [-0.05, 0) is 12.1 Å². The summed E-state index contributed by atoms with van der Waals surface area (Å²) >= 11 is 0. The minimum atomic E-state index is -0.337. The molecule has 1 aliphatic heterocycles. The Bertz CT molecular complexity index is 686. The average Bonchev–Trinajstić information content (AvgIpc) is 2.94. The third-order valence-corrected chi connectivity index (χ3v) is 3.96. The molecule has 1 fully saturated rings. The second-order valence-corrected chi connectivity index (χ2v) is 6.86. The monoisotopic (exact) mass is 298 g/mol. The van der Waals surface area contributed by atoms with Crippen molar-refractivity contribution in [3.8, 4) is 5.75 Å². The summed E-state index contributed by atoms with van der Waals surface area (Å²) in [6, 6.07) is 9.90. The van der Waals surface area contributed by atoms with E-state index in [-0.39, 0.29) is 17.4 Å². The first-order valence-corrected chi connectivity index (χ1v) is 7.75. The molecule has 0 aliphatic carbocycles. The van der Waals surface area contributed by atoms with Crippen LogP contribution in [0.3, 0.4) is 0 Å². The van der Waals surface area contributed by atoms with Crippen LogP contribution in [0.15, 0.2) is 36.5 Å². The van der Waals surface area contributed by atoms with E-state index in [0.717, 1.165) is 29.6 Å². The van der Waals surface area contributed by atoms with Crippen LogP contribution in [-0.2, 0) is 4.79 Å². The quantitative estimate of drug-likeness (QED) is 0.854. The zero-order valence-electron chi connectivity index (χ0n) is 13.4. The van der Waals surface area contributed by atoms with Crippen molar-refractivity contribution in [2.24, 2.45) is 5.41 Å². The highest BCUT2D eigenvalue weighted by molar-refractivity contribution is 5.84.